The monoisotopic (exact) mass is 461 g/mol. The highest BCUT2D eigenvalue weighted by molar-refractivity contribution is 5.96. The van der Waals surface area contributed by atoms with Crippen molar-refractivity contribution in [2.24, 2.45) is 0 Å². The summed E-state index contributed by atoms with van der Waals surface area (Å²) in [6.07, 6.45) is 3.87. The van der Waals surface area contributed by atoms with E-state index in [2.05, 4.69) is 10.3 Å². The molecule has 1 amide bonds. The third-order valence-electron chi connectivity index (χ3n) is 5.41. The van der Waals surface area contributed by atoms with E-state index in [1.165, 1.54) is 0 Å². The van der Waals surface area contributed by atoms with Gasteiger partial charge >= 0.3 is 0 Å². The number of para-hydroxylation sites is 1. The fourth-order valence-electron chi connectivity index (χ4n) is 3.72. The number of carbonyl (C=O) groups is 1. The van der Waals surface area contributed by atoms with E-state index in [1.807, 2.05) is 41.9 Å². The first kappa shape index (κ1) is 23.0. The highest BCUT2D eigenvalue weighted by Crippen LogP contribution is 2.38. The number of amides is 1. The molecule has 0 saturated carbocycles. The van der Waals surface area contributed by atoms with E-state index in [-0.39, 0.29) is 19.1 Å². The van der Waals surface area contributed by atoms with Crippen molar-refractivity contribution in [1.29, 1.82) is 0 Å². The molecule has 0 spiro atoms. The van der Waals surface area contributed by atoms with Crippen LogP contribution in [0.3, 0.4) is 0 Å². The third kappa shape index (κ3) is 4.76. The lowest BCUT2D eigenvalue weighted by molar-refractivity contribution is 0.0946. The molecular weight excluding hydrogens is 434 g/mol. The Labute approximate surface area is 198 Å². The van der Waals surface area contributed by atoms with Gasteiger partial charge in [0.15, 0.2) is 11.5 Å². The van der Waals surface area contributed by atoms with Crippen LogP contribution in [0.25, 0.3) is 5.65 Å². The van der Waals surface area contributed by atoms with Gasteiger partial charge in [0.1, 0.15) is 18.0 Å². The van der Waals surface area contributed by atoms with Crippen LogP contribution in [0.5, 0.6) is 23.0 Å². The Morgan fingerprint density at radius 2 is 1.71 bits per heavy atom. The summed E-state index contributed by atoms with van der Waals surface area (Å²) in [6.45, 7) is 2.54. The molecular formula is C26H27N3O5. The zero-order valence-corrected chi connectivity index (χ0v) is 19.6. The number of ether oxygens (including phenoxy) is 4. The summed E-state index contributed by atoms with van der Waals surface area (Å²) in [5.74, 6) is 1.78. The van der Waals surface area contributed by atoms with Crippen LogP contribution >= 0.6 is 0 Å². The summed E-state index contributed by atoms with van der Waals surface area (Å²) in [4.78, 5) is 17.6. The van der Waals surface area contributed by atoms with Crippen LogP contribution in [-0.4, -0.2) is 36.6 Å². The first-order valence-corrected chi connectivity index (χ1v) is 10.8. The number of imidazole rings is 1. The van der Waals surface area contributed by atoms with Gasteiger partial charge in [-0.3, -0.25) is 4.79 Å². The first-order valence-electron chi connectivity index (χ1n) is 10.8. The molecule has 0 aliphatic carbocycles. The molecule has 8 heteroatoms. The number of pyridine rings is 1. The molecule has 0 radical (unpaired) electrons. The maximum Gasteiger partial charge on any atom is 0.255 e. The van der Waals surface area contributed by atoms with Crippen LogP contribution in [0.1, 0.15) is 27.2 Å². The second kappa shape index (κ2) is 10.2. The summed E-state index contributed by atoms with van der Waals surface area (Å²) in [5.41, 5.74) is 4.00. The van der Waals surface area contributed by atoms with Gasteiger partial charge in [0, 0.05) is 18.9 Å². The molecule has 0 bridgehead atoms. The minimum Gasteiger partial charge on any atom is -0.493 e. The molecule has 176 valence electrons. The van der Waals surface area contributed by atoms with Crippen molar-refractivity contribution in [3.63, 3.8) is 0 Å². The number of nitrogens with zero attached hydrogens (tertiary/aromatic N) is 2. The van der Waals surface area contributed by atoms with Crippen molar-refractivity contribution in [2.45, 2.75) is 20.1 Å². The lowest BCUT2D eigenvalue weighted by atomic mass is 10.1. The van der Waals surface area contributed by atoms with Crippen molar-refractivity contribution < 1.29 is 23.7 Å². The first-order chi connectivity index (χ1) is 16.5. The normalized spacial score (nSPS) is 10.7. The maximum absolute atomic E-state index is 13.0. The molecule has 4 aromatic rings. The van der Waals surface area contributed by atoms with Crippen molar-refractivity contribution in [2.75, 3.05) is 21.3 Å². The molecule has 2 aromatic carbocycles. The van der Waals surface area contributed by atoms with E-state index in [4.69, 9.17) is 18.9 Å². The smallest absolute Gasteiger partial charge is 0.255 e. The van der Waals surface area contributed by atoms with E-state index in [1.54, 1.807) is 51.7 Å². The number of hydrogen-bond donors (Lipinski definition) is 1. The molecule has 4 rings (SSSR count). The lowest BCUT2D eigenvalue weighted by Gasteiger charge is -2.15. The molecule has 0 fully saturated rings. The van der Waals surface area contributed by atoms with Gasteiger partial charge in [-0.25, -0.2) is 4.98 Å². The Bertz CT molecular complexity index is 1290. The van der Waals surface area contributed by atoms with Crippen molar-refractivity contribution in [1.82, 2.24) is 14.7 Å². The van der Waals surface area contributed by atoms with Gasteiger partial charge in [0.05, 0.1) is 32.6 Å². The average Bonchev–Trinajstić information content (AvgIpc) is 3.30. The Morgan fingerprint density at radius 1 is 0.971 bits per heavy atom. The summed E-state index contributed by atoms with van der Waals surface area (Å²) in [7, 11) is 4.65. The zero-order valence-electron chi connectivity index (χ0n) is 19.6. The lowest BCUT2D eigenvalue weighted by Crippen LogP contribution is -2.23. The fourth-order valence-corrected chi connectivity index (χ4v) is 3.72. The van der Waals surface area contributed by atoms with Crippen molar-refractivity contribution in [3.05, 3.63) is 83.3 Å². The third-order valence-corrected chi connectivity index (χ3v) is 5.41. The molecule has 0 aliphatic rings. The second-order valence-electron chi connectivity index (χ2n) is 7.66. The van der Waals surface area contributed by atoms with Crippen LogP contribution < -0.4 is 24.3 Å². The van der Waals surface area contributed by atoms with E-state index in [0.717, 1.165) is 22.5 Å². The molecule has 0 aliphatic heterocycles. The van der Waals surface area contributed by atoms with Gasteiger partial charge in [-0.05, 0) is 48.4 Å². The van der Waals surface area contributed by atoms with E-state index < -0.39 is 0 Å². The summed E-state index contributed by atoms with van der Waals surface area (Å²) < 4.78 is 24.1. The van der Waals surface area contributed by atoms with Gasteiger partial charge in [0.25, 0.3) is 5.91 Å². The van der Waals surface area contributed by atoms with E-state index >= 15 is 0 Å². The Hall–Kier alpha value is -4.20. The topological polar surface area (TPSA) is 83.3 Å². The number of benzene rings is 2. The van der Waals surface area contributed by atoms with E-state index in [9.17, 15) is 4.79 Å². The molecule has 8 nitrogen and oxygen atoms in total. The SMILES string of the molecule is COc1cc(CNC(=O)c2ccccc2OCc2cn3cccc(C)c3n2)cc(OC)c1OC. The van der Waals surface area contributed by atoms with Crippen molar-refractivity contribution in [3.8, 4) is 23.0 Å². The minimum atomic E-state index is -0.254. The molecule has 0 unspecified atom stereocenters. The highest BCUT2D eigenvalue weighted by atomic mass is 16.5. The largest absolute Gasteiger partial charge is 0.493 e. The predicted molar refractivity (Wildman–Crippen MR) is 128 cm³/mol. The standard InChI is InChI=1S/C26H27N3O5/c1-17-8-7-11-29-15-19(28-25(17)29)16-34-21-10-6-5-9-20(21)26(30)27-14-18-12-22(31-2)24(33-4)23(13-18)32-3/h5-13,15H,14,16H2,1-4H3,(H,27,30). The van der Waals surface area contributed by atoms with Gasteiger partial charge < -0.3 is 28.7 Å². The molecule has 0 saturated heterocycles. The van der Waals surface area contributed by atoms with Crippen LogP contribution in [0.2, 0.25) is 0 Å². The van der Waals surface area contributed by atoms with Crippen LogP contribution in [0, 0.1) is 6.92 Å². The predicted octanol–water partition coefficient (Wildman–Crippen LogP) is 4.18. The number of aryl methyl sites for hydroxylation is 1. The molecule has 2 heterocycles. The number of nitrogens with one attached hydrogen (secondary N) is 1. The van der Waals surface area contributed by atoms with Crippen LogP contribution in [0.15, 0.2) is 60.9 Å². The van der Waals surface area contributed by atoms with Gasteiger partial charge in [0.2, 0.25) is 5.75 Å². The van der Waals surface area contributed by atoms with Crippen LogP contribution in [-0.2, 0) is 13.2 Å². The quantitative estimate of drug-likeness (QED) is 0.403. The number of carbonyl (C=O) groups excluding carboxylic acids is 1. The number of rotatable bonds is 9. The van der Waals surface area contributed by atoms with Gasteiger partial charge in [-0.2, -0.15) is 0 Å². The average molecular weight is 462 g/mol. The molecule has 0 atom stereocenters. The number of methoxy groups -OCH3 is 3. The van der Waals surface area contributed by atoms with Gasteiger partial charge in [-0.1, -0.05) is 18.2 Å². The molecule has 2 aromatic heterocycles. The zero-order chi connectivity index (χ0) is 24.1. The minimum absolute atomic E-state index is 0.248. The number of hydrogen-bond acceptors (Lipinski definition) is 6. The fraction of sp³-hybridized carbons (Fsp3) is 0.231. The molecule has 34 heavy (non-hydrogen) atoms. The summed E-state index contributed by atoms with van der Waals surface area (Å²) >= 11 is 0. The van der Waals surface area contributed by atoms with E-state index in [0.29, 0.717) is 28.6 Å². The Kier molecular flexibility index (Phi) is 6.87. The van der Waals surface area contributed by atoms with Crippen molar-refractivity contribution >= 4 is 11.6 Å². The highest BCUT2D eigenvalue weighted by Gasteiger charge is 2.16. The summed E-state index contributed by atoms with van der Waals surface area (Å²) in [5, 5.41) is 2.93. The van der Waals surface area contributed by atoms with Gasteiger partial charge in [-0.15, -0.1) is 0 Å². The number of aromatic nitrogens is 2. The molecule has 1 N–H and O–H groups in total. The summed E-state index contributed by atoms with van der Waals surface area (Å²) in [6, 6.07) is 14.7. The number of fused-ring (bicyclic) bond motifs is 1. The Balaban J connectivity index is 1.47. The maximum atomic E-state index is 13.0. The Morgan fingerprint density at radius 3 is 2.38 bits per heavy atom. The van der Waals surface area contributed by atoms with Crippen LogP contribution in [0.4, 0.5) is 0 Å². The second-order valence-corrected chi connectivity index (χ2v) is 7.66.